The van der Waals surface area contributed by atoms with E-state index in [1.165, 1.54) is 12.4 Å². The van der Waals surface area contributed by atoms with Crippen LogP contribution in [-0.2, 0) is 4.79 Å². The third-order valence-corrected chi connectivity index (χ3v) is 5.06. The van der Waals surface area contributed by atoms with Crippen LogP contribution in [0.15, 0.2) is 18.7 Å². The molecule has 2 aliphatic heterocycles. The molecule has 0 radical (unpaired) electrons. The Hall–Kier alpha value is -1.57. The van der Waals surface area contributed by atoms with Crippen LogP contribution in [0.4, 0.5) is 13.2 Å². The zero-order valence-corrected chi connectivity index (χ0v) is 12.9. The molecule has 2 saturated heterocycles. The molecule has 1 aromatic heterocycles. The molecule has 128 valence electrons. The second-order valence-corrected chi connectivity index (χ2v) is 6.39. The van der Waals surface area contributed by atoms with E-state index in [1.807, 2.05) is 0 Å². The predicted molar refractivity (Wildman–Crippen MR) is 77.7 cm³/mol. The number of hydrogen-bond acceptors (Lipinski definition) is 3. The number of halogens is 3. The van der Waals surface area contributed by atoms with Crippen molar-refractivity contribution in [2.75, 3.05) is 19.6 Å². The average molecular weight is 330 g/mol. The molecule has 0 aliphatic carbocycles. The number of amides is 1. The number of alkyl halides is 3. The number of piperidine rings is 1. The van der Waals surface area contributed by atoms with Gasteiger partial charge >= 0.3 is 6.18 Å². The molecule has 2 fully saturated rings. The summed E-state index contributed by atoms with van der Waals surface area (Å²) in [7, 11) is 0. The third-order valence-electron chi connectivity index (χ3n) is 5.06. The number of carbonyl (C=O) groups excluding carboxylic acids is 1. The Kier molecular flexibility index (Phi) is 4.35. The van der Waals surface area contributed by atoms with E-state index in [1.54, 1.807) is 4.90 Å². The summed E-state index contributed by atoms with van der Waals surface area (Å²) in [5.74, 6) is -0.402. The van der Waals surface area contributed by atoms with Crippen molar-refractivity contribution in [1.29, 1.82) is 0 Å². The maximum absolute atomic E-state index is 13.3. The monoisotopic (exact) mass is 330 g/mol. The Labute approximate surface area is 132 Å². The molecule has 8 heteroatoms. The maximum Gasteiger partial charge on any atom is 0.409 e. The number of rotatable bonds is 3. The first-order chi connectivity index (χ1) is 10.9. The molecule has 23 heavy (non-hydrogen) atoms. The lowest BCUT2D eigenvalue weighted by molar-refractivity contribution is -0.176. The highest BCUT2D eigenvalue weighted by Crippen LogP contribution is 2.39. The molecule has 3 heterocycles. The number of nitrogens with zero attached hydrogens (tertiary/aromatic N) is 3. The number of carbonyl (C=O) groups is 1. The van der Waals surface area contributed by atoms with Crippen LogP contribution in [0.2, 0.25) is 0 Å². The van der Waals surface area contributed by atoms with E-state index >= 15 is 0 Å². The number of likely N-dealkylation sites (tertiary alicyclic amines) is 1. The molecule has 1 unspecified atom stereocenters. The molecule has 2 aliphatic rings. The van der Waals surface area contributed by atoms with E-state index in [-0.39, 0.29) is 5.54 Å². The zero-order chi connectivity index (χ0) is 16.5. The third kappa shape index (κ3) is 3.22. The van der Waals surface area contributed by atoms with Gasteiger partial charge in [-0.1, -0.05) is 0 Å². The highest BCUT2D eigenvalue weighted by molar-refractivity contribution is 5.78. The standard InChI is InChI=1S/C15H21F3N4O/c16-15(17,18)12(21-9-7-20-11-21)10-13(23)22-8-1-2-14(22)3-5-19-6-4-14/h7,9,11-12,19H,1-6,8,10H2. The van der Waals surface area contributed by atoms with Gasteiger partial charge < -0.3 is 14.8 Å². The van der Waals surface area contributed by atoms with E-state index < -0.39 is 24.5 Å². The summed E-state index contributed by atoms with van der Waals surface area (Å²) in [5.41, 5.74) is -0.243. The molecule has 3 rings (SSSR count). The first-order valence-electron chi connectivity index (χ1n) is 7.98. The van der Waals surface area contributed by atoms with Crippen LogP contribution in [0.3, 0.4) is 0 Å². The van der Waals surface area contributed by atoms with Gasteiger partial charge in [0.05, 0.1) is 12.7 Å². The van der Waals surface area contributed by atoms with Crippen LogP contribution in [0.5, 0.6) is 0 Å². The highest BCUT2D eigenvalue weighted by Gasteiger charge is 2.47. The highest BCUT2D eigenvalue weighted by atomic mass is 19.4. The summed E-state index contributed by atoms with van der Waals surface area (Å²) in [5, 5.41) is 3.25. The van der Waals surface area contributed by atoms with E-state index in [0.717, 1.165) is 49.7 Å². The summed E-state index contributed by atoms with van der Waals surface area (Å²) in [6, 6.07) is -1.85. The number of aromatic nitrogens is 2. The molecule has 5 nitrogen and oxygen atoms in total. The fourth-order valence-electron chi connectivity index (χ4n) is 3.86. The van der Waals surface area contributed by atoms with E-state index in [2.05, 4.69) is 10.3 Å². The van der Waals surface area contributed by atoms with Crippen molar-refractivity contribution in [3.8, 4) is 0 Å². The van der Waals surface area contributed by atoms with E-state index in [0.29, 0.717) is 6.54 Å². The number of nitrogens with one attached hydrogen (secondary N) is 1. The molecule has 1 amide bonds. The minimum Gasteiger partial charge on any atom is -0.337 e. The van der Waals surface area contributed by atoms with Gasteiger partial charge in [0.15, 0.2) is 0 Å². The van der Waals surface area contributed by atoms with Crippen molar-refractivity contribution >= 4 is 5.91 Å². The van der Waals surface area contributed by atoms with Crippen molar-refractivity contribution in [2.24, 2.45) is 0 Å². The SMILES string of the molecule is O=C(CC(n1ccnc1)C(F)(F)F)N1CCCC12CCNCC2. The van der Waals surface area contributed by atoms with Crippen molar-refractivity contribution in [3.63, 3.8) is 0 Å². The van der Waals surface area contributed by atoms with E-state index in [9.17, 15) is 18.0 Å². The van der Waals surface area contributed by atoms with Crippen LogP contribution in [0.1, 0.15) is 38.1 Å². The van der Waals surface area contributed by atoms with Crippen LogP contribution in [-0.4, -0.2) is 51.7 Å². The van der Waals surface area contributed by atoms with Gasteiger partial charge in [0.25, 0.3) is 0 Å². The fraction of sp³-hybridized carbons (Fsp3) is 0.733. The normalized spacial score (nSPS) is 22.5. The molecule has 0 bridgehead atoms. The van der Waals surface area contributed by atoms with Gasteiger partial charge in [-0.15, -0.1) is 0 Å². The van der Waals surface area contributed by atoms with Gasteiger partial charge in [-0.2, -0.15) is 13.2 Å². The molecule has 0 aromatic carbocycles. The lowest BCUT2D eigenvalue weighted by Crippen LogP contribution is -2.53. The Balaban J connectivity index is 1.76. The second kappa shape index (κ2) is 6.14. The molecule has 1 atom stereocenters. The van der Waals surface area contributed by atoms with Crippen molar-refractivity contribution in [2.45, 2.75) is 49.9 Å². The second-order valence-electron chi connectivity index (χ2n) is 6.39. The van der Waals surface area contributed by atoms with Gasteiger partial charge in [0, 0.05) is 24.5 Å². The number of hydrogen-bond donors (Lipinski definition) is 1. The van der Waals surface area contributed by atoms with Crippen molar-refractivity contribution in [1.82, 2.24) is 19.8 Å². The van der Waals surface area contributed by atoms with E-state index in [4.69, 9.17) is 0 Å². The zero-order valence-electron chi connectivity index (χ0n) is 12.9. The first kappa shape index (κ1) is 16.3. The summed E-state index contributed by atoms with van der Waals surface area (Å²) >= 11 is 0. The smallest absolute Gasteiger partial charge is 0.337 e. The topological polar surface area (TPSA) is 50.2 Å². The van der Waals surface area contributed by atoms with Crippen LogP contribution >= 0.6 is 0 Å². The van der Waals surface area contributed by atoms with Gasteiger partial charge in [0.1, 0.15) is 6.04 Å². The largest absolute Gasteiger partial charge is 0.409 e. The minimum atomic E-state index is -4.47. The van der Waals surface area contributed by atoms with Gasteiger partial charge in [-0.05, 0) is 38.8 Å². The lowest BCUT2D eigenvalue weighted by atomic mass is 9.85. The van der Waals surface area contributed by atoms with Crippen molar-refractivity contribution < 1.29 is 18.0 Å². The Morgan fingerprint density at radius 2 is 2.04 bits per heavy atom. The van der Waals surface area contributed by atoms with Gasteiger partial charge in [-0.25, -0.2) is 4.98 Å². The lowest BCUT2D eigenvalue weighted by Gasteiger charge is -2.42. The summed E-state index contributed by atoms with van der Waals surface area (Å²) in [6.45, 7) is 2.19. The maximum atomic E-state index is 13.3. The Morgan fingerprint density at radius 1 is 1.30 bits per heavy atom. The number of imidazole rings is 1. The molecule has 0 saturated carbocycles. The van der Waals surface area contributed by atoms with Crippen LogP contribution < -0.4 is 5.32 Å². The summed E-state index contributed by atoms with van der Waals surface area (Å²) in [6.07, 6.45) is 2.04. The minimum absolute atomic E-state index is 0.243. The molecule has 1 spiro atoms. The quantitative estimate of drug-likeness (QED) is 0.924. The van der Waals surface area contributed by atoms with Crippen molar-refractivity contribution in [3.05, 3.63) is 18.7 Å². The van der Waals surface area contributed by atoms with Gasteiger partial charge in [0.2, 0.25) is 5.91 Å². The summed E-state index contributed by atoms with van der Waals surface area (Å²) in [4.78, 5) is 18.0. The Morgan fingerprint density at radius 3 is 2.65 bits per heavy atom. The van der Waals surface area contributed by atoms with Gasteiger partial charge in [-0.3, -0.25) is 4.79 Å². The fourth-order valence-corrected chi connectivity index (χ4v) is 3.86. The summed E-state index contributed by atoms with van der Waals surface area (Å²) < 4.78 is 41.0. The predicted octanol–water partition coefficient (Wildman–Crippen LogP) is 2.12. The first-order valence-corrected chi connectivity index (χ1v) is 7.98. The average Bonchev–Trinajstić information content (AvgIpc) is 3.14. The molecule has 1 aromatic rings. The van der Waals surface area contributed by atoms with Crippen LogP contribution in [0, 0.1) is 0 Å². The molecular weight excluding hydrogens is 309 g/mol. The Bertz CT molecular complexity index is 537. The molecule has 1 N–H and O–H groups in total. The molecular formula is C15H21F3N4O. The van der Waals surface area contributed by atoms with Crippen LogP contribution in [0.25, 0.3) is 0 Å².